The van der Waals surface area contributed by atoms with Crippen molar-refractivity contribution < 1.29 is 31.4 Å². The maximum Gasteiger partial charge on any atom is 0.418 e. The van der Waals surface area contributed by atoms with Gasteiger partial charge in [-0.3, -0.25) is 15.3 Å². The maximum absolute atomic E-state index is 16.9. The van der Waals surface area contributed by atoms with Crippen LogP contribution in [0.4, 0.5) is 33.6 Å². The molecule has 2 saturated heterocycles. The number of allylic oxidation sites excluding steroid dienone is 2. The van der Waals surface area contributed by atoms with Crippen molar-refractivity contribution in [2.45, 2.75) is 44.1 Å². The second-order valence-electron chi connectivity index (χ2n) is 12.4. The van der Waals surface area contributed by atoms with Gasteiger partial charge >= 0.3 is 12.2 Å². The summed E-state index contributed by atoms with van der Waals surface area (Å²) < 4.78 is 86.7. The van der Waals surface area contributed by atoms with E-state index in [-0.39, 0.29) is 66.0 Å². The van der Waals surface area contributed by atoms with Gasteiger partial charge in [0.15, 0.2) is 11.6 Å². The van der Waals surface area contributed by atoms with Crippen LogP contribution in [0.3, 0.4) is 0 Å². The molecule has 5 N–H and O–H groups in total. The number of hydrogen-bond acceptors (Lipinski definition) is 11. The van der Waals surface area contributed by atoms with E-state index in [1.807, 2.05) is 4.90 Å². The highest BCUT2D eigenvalue weighted by Gasteiger charge is 2.49. The normalized spacial score (nSPS) is 22.4. The number of aromatic nitrogens is 3. The number of alkyl halides is 4. The number of aryl methyl sites for hydroxylation is 1. The summed E-state index contributed by atoms with van der Waals surface area (Å²) in [5.41, 5.74) is 11.0. The molecule has 0 unspecified atom stereocenters. The SMILES string of the molecule is Cc1cc(N)nc(-c2c(Cl)c3c4c(nc(OC[C@@]56CCCN5C[C@H](F)C6)nc4c2F)N(CCN2C=CC=C(N)N2)CCO3)c1C(F)(F)F. The van der Waals surface area contributed by atoms with Crippen LogP contribution in [0.25, 0.3) is 22.2 Å². The zero-order valence-electron chi connectivity index (χ0n) is 25.9. The summed E-state index contributed by atoms with van der Waals surface area (Å²) in [5, 5.41) is 1.39. The Hall–Kier alpha value is -4.31. The standard InChI is InChI=1S/C31H33ClF5N9O2/c1-16-12-19(39)40-25(22(16)31(35,36)37)20-23(32)27-21-26(24(20)34)41-29(48-15-30-5-3-6-45(30)14-17(33)13-30)42-28(21)44(10-11-47-27)8-9-46-7-2-4-18(38)43-46/h2,4,7,12,17,43H,3,5-6,8-11,13-15,38H2,1H3,(H2,39,40)/t17-,30+/m1/s1. The van der Waals surface area contributed by atoms with E-state index < -0.39 is 45.5 Å². The number of hydrogen-bond donors (Lipinski definition) is 3. The fraction of sp³-hybridized carbons (Fsp3) is 0.452. The highest BCUT2D eigenvalue weighted by molar-refractivity contribution is 6.36. The summed E-state index contributed by atoms with van der Waals surface area (Å²) in [6.45, 7) is 3.29. The molecule has 2 aromatic heterocycles. The molecule has 0 bridgehead atoms. The van der Waals surface area contributed by atoms with E-state index in [1.54, 1.807) is 23.4 Å². The molecule has 4 aliphatic rings. The van der Waals surface area contributed by atoms with Crippen molar-refractivity contribution in [3.05, 3.63) is 52.2 Å². The highest BCUT2D eigenvalue weighted by atomic mass is 35.5. The number of rotatable bonds is 7. The van der Waals surface area contributed by atoms with E-state index >= 15 is 4.39 Å². The third-order valence-corrected chi connectivity index (χ3v) is 9.62. The molecule has 17 heteroatoms. The minimum Gasteiger partial charge on any atom is -0.489 e. The fourth-order valence-electron chi connectivity index (χ4n) is 7.19. The molecular weight excluding hydrogens is 661 g/mol. The smallest absolute Gasteiger partial charge is 0.418 e. The first-order chi connectivity index (χ1) is 22.8. The van der Waals surface area contributed by atoms with Gasteiger partial charge in [0.25, 0.3) is 0 Å². The number of nitrogens with two attached hydrogens (primary N) is 2. The van der Waals surface area contributed by atoms with E-state index in [9.17, 15) is 17.6 Å². The largest absolute Gasteiger partial charge is 0.489 e. The average molecular weight is 694 g/mol. The first-order valence-electron chi connectivity index (χ1n) is 15.5. The van der Waals surface area contributed by atoms with Crippen LogP contribution >= 0.6 is 11.6 Å². The van der Waals surface area contributed by atoms with Crippen LogP contribution in [0.5, 0.6) is 11.8 Å². The molecule has 4 aliphatic heterocycles. The summed E-state index contributed by atoms with van der Waals surface area (Å²) in [7, 11) is 0. The number of nitrogens with zero attached hydrogens (tertiary/aromatic N) is 6. The molecule has 6 heterocycles. The minimum absolute atomic E-state index is 0.0310. The summed E-state index contributed by atoms with van der Waals surface area (Å²) in [4.78, 5) is 16.9. The van der Waals surface area contributed by atoms with Gasteiger partial charge in [0.1, 0.15) is 42.4 Å². The average Bonchev–Trinajstić information content (AvgIpc) is 3.46. The molecule has 0 amide bonds. The van der Waals surface area contributed by atoms with Crippen molar-refractivity contribution in [2.24, 2.45) is 5.73 Å². The lowest BCUT2D eigenvalue weighted by Gasteiger charge is -2.31. The van der Waals surface area contributed by atoms with Crippen LogP contribution in [0, 0.1) is 12.7 Å². The Bertz CT molecular complexity index is 1840. The Morgan fingerprint density at radius 1 is 1.19 bits per heavy atom. The van der Waals surface area contributed by atoms with E-state index in [4.69, 9.17) is 32.5 Å². The fourth-order valence-corrected chi connectivity index (χ4v) is 7.51. The van der Waals surface area contributed by atoms with Crippen molar-refractivity contribution in [3.63, 3.8) is 0 Å². The lowest BCUT2D eigenvalue weighted by molar-refractivity contribution is -0.137. The topological polar surface area (TPSA) is 131 Å². The van der Waals surface area contributed by atoms with Gasteiger partial charge in [-0.2, -0.15) is 23.1 Å². The molecule has 2 fully saturated rings. The number of ether oxygens (including phenoxy) is 2. The summed E-state index contributed by atoms with van der Waals surface area (Å²) in [6.07, 6.45) is 1.20. The monoisotopic (exact) mass is 693 g/mol. The molecule has 11 nitrogen and oxygen atoms in total. The van der Waals surface area contributed by atoms with Crippen LogP contribution in [0.2, 0.25) is 5.02 Å². The van der Waals surface area contributed by atoms with Gasteiger partial charge in [0.05, 0.1) is 45.9 Å². The zero-order valence-corrected chi connectivity index (χ0v) is 26.6. The van der Waals surface area contributed by atoms with E-state index in [0.29, 0.717) is 31.9 Å². The van der Waals surface area contributed by atoms with Gasteiger partial charge < -0.3 is 25.8 Å². The number of pyridine rings is 1. The summed E-state index contributed by atoms with van der Waals surface area (Å²) >= 11 is 6.75. The molecule has 2 atom stereocenters. The molecule has 1 aromatic carbocycles. The second-order valence-corrected chi connectivity index (χ2v) is 12.8. The van der Waals surface area contributed by atoms with Crippen molar-refractivity contribution in [1.29, 1.82) is 0 Å². The molecule has 48 heavy (non-hydrogen) atoms. The van der Waals surface area contributed by atoms with Crippen molar-refractivity contribution in [3.8, 4) is 23.0 Å². The lowest BCUT2D eigenvalue weighted by atomic mass is 9.95. The first kappa shape index (κ1) is 32.2. The Morgan fingerprint density at radius 3 is 2.77 bits per heavy atom. The summed E-state index contributed by atoms with van der Waals surface area (Å²) in [5.74, 6) is -0.875. The van der Waals surface area contributed by atoms with Gasteiger partial charge in [0, 0.05) is 25.7 Å². The van der Waals surface area contributed by atoms with Gasteiger partial charge in [-0.1, -0.05) is 11.6 Å². The maximum atomic E-state index is 16.9. The quantitative estimate of drug-likeness (QED) is 0.298. The third-order valence-electron chi connectivity index (χ3n) is 9.26. The molecular formula is C31H33ClF5N9O2. The number of nitrogen functional groups attached to an aromatic ring is 1. The molecule has 0 saturated carbocycles. The second kappa shape index (κ2) is 12.0. The summed E-state index contributed by atoms with van der Waals surface area (Å²) in [6, 6.07) is 0.837. The van der Waals surface area contributed by atoms with Crippen LogP contribution in [0.15, 0.2) is 30.2 Å². The van der Waals surface area contributed by atoms with Crippen molar-refractivity contribution in [2.75, 3.05) is 56.6 Å². The number of benzene rings is 1. The van der Waals surface area contributed by atoms with Gasteiger partial charge in [0.2, 0.25) is 0 Å². The predicted molar refractivity (Wildman–Crippen MR) is 169 cm³/mol. The Kier molecular flexibility index (Phi) is 8.05. The van der Waals surface area contributed by atoms with Gasteiger partial charge in [-0.15, -0.1) is 0 Å². The van der Waals surface area contributed by atoms with E-state index in [1.165, 1.54) is 6.92 Å². The van der Waals surface area contributed by atoms with Crippen molar-refractivity contribution >= 4 is 34.1 Å². The molecule has 0 aliphatic carbocycles. The van der Waals surface area contributed by atoms with Crippen LogP contribution in [0.1, 0.15) is 30.4 Å². The minimum atomic E-state index is -4.92. The molecule has 0 spiro atoms. The van der Waals surface area contributed by atoms with Crippen LogP contribution in [-0.2, 0) is 6.18 Å². The van der Waals surface area contributed by atoms with E-state index in [2.05, 4.69) is 25.3 Å². The number of nitrogens with one attached hydrogen (secondary N) is 1. The number of anilines is 2. The number of halogens is 6. The van der Waals surface area contributed by atoms with E-state index in [0.717, 1.165) is 19.0 Å². The Morgan fingerprint density at radius 2 is 2.00 bits per heavy atom. The number of fused-ring (bicyclic) bond motifs is 1. The lowest BCUT2D eigenvalue weighted by Crippen LogP contribution is -2.44. The van der Waals surface area contributed by atoms with Gasteiger partial charge in [-0.25, -0.2) is 13.8 Å². The molecule has 3 aromatic rings. The number of hydrazine groups is 1. The third kappa shape index (κ3) is 5.63. The highest BCUT2D eigenvalue weighted by Crippen LogP contribution is 2.50. The zero-order chi connectivity index (χ0) is 34.0. The van der Waals surface area contributed by atoms with Crippen molar-refractivity contribution in [1.82, 2.24) is 30.3 Å². The molecule has 0 radical (unpaired) electrons. The molecule has 256 valence electrons. The molecule has 7 rings (SSSR count). The van der Waals surface area contributed by atoms with Crippen LogP contribution < -0.4 is 31.3 Å². The Labute approximate surface area is 277 Å². The Balaban J connectivity index is 1.38. The van der Waals surface area contributed by atoms with Gasteiger partial charge in [-0.05, 0) is 50.1 Å². The first-order valence-corrected chi connectivity index (χ1v) is 15.9. The predicted octanol–water partition coefficient (Wildman–Crippen LogP) is 4.68. The van der Waals surface area contributed by atoms with Crippen LogP contribution in [-0.4, -0.2) is 82.5 Å².